The molecule has 0 radical (unpaired) electrons. The zero-order valence-corrected chi connectivity index (χ0v) is 18.2. The van der Waals surface area contributed by atoms with Gasteiger partial charge < -0.3 is 15.4 Å². The number of carbonyl (C=O) groups excluding carboxylic acids is 1. The summed E-state index contributed by atoms with van der Waals surface area (Å²) in [5, 5.41) is 9.43. The number of hydrogen-bond acceptors (Lipinski definition) is 5. The van der Waals surface area contributed by atoms with E-state index in [1.165, 1.54) is 23.5 Å². The maximum atomic E-state index is 13.4. The quantitative estimate of drug-likeness (QED) is 0.482. The molecular weight excluding hydrogens is 437 g/mol. The van der Waals surface area contributed by atoms with Crippen LogP contribution in [0.15, 0.2) is 53.9 Å². The molecule has 8 heteroatoms. The molecule has 31 heavy (non-hydrogen) atoms. The van der Waals surface area contributed by atoms with Crippen molar-refractivity contribution in [3.63, 3.8) is 0 Å². The molecule has 0 aliphatic heterocycles. The monoisotopic (exact) mass is 457 g/mol. The molecule has 0 atom stereocenters. The molecule has 160 valence electrons. The van der Waals surface area contributed by atoms with E-state index in [4.69, 9.17) is 16.3 Å². The van der Waals surface area contributed by atoms with Gasteiger partial charge in [-0.15, -0.1) is 11.3 Å². The first-order valence-electron chi connectivity index (χ1n) is 10.1. The smallest absolute Gasteiger partial charge is 0.271 e. The highest BCUT2D eigenvalue weighted by Gasteiger charge is 2.68. The van der Waals surface area contributed by atoms with E-state index in [1.54, 1.807) is 6.07 Å². The fourth-order valence-corrected chi connectivity index (χ4v) is 5.48. The van der Waals surface area contributed by atoms with E-state index in [-0.39, 0.29) is 22.0 Å². The van der Waals surface area contributed by atoms with Crippen molar-refractivity contribution in [2.24, 2.45) is 0 Å². The maximum Gasteiger partial charge on any atom is 0.271 e. The SMILES string of the molecule is O=C(NC12CC(NCCOc3ccc(Cl)c(F)c3)(C1)C2)c1csc(-c2ccccc2)n1. The van der Waals surface area contributed by atoms with Crippen LogP contribution in [0.2, 0.25) is 5.02 Å². The lowest BCUT2D eigenvalue weighted by Crippen LogP contribution is -2.83. The van der Waals surface area contributed by atoms with E-state index >= 15 is 0 Å². The number of benzene rings is 2. The third kappa shape index (κ3) is 4.05. The summed E-state index contributed by atoms with van der Waals surface area (Å²) < 4.78 is 19.0. The summed E-state index contributed by atoms with van der Waals surface area (Å²) in [6.07, 6.45) is 2.70. The number of halogens is 2. The van der Waals surface area contributed by atoms with Crippen molar-refractivity contribution in [3.05, 3.63) is 70.4 Å². The van der Waals surface area contributed by atoms with Crippen LogP contribution in [-0.2, 0) is 0 Å². The molecule has 1 amide bonds. The van der Waals surface area contributed by atoms with Crippen LogP contribution in [0.3, 0.4) is 0 Å². The van der Waals surface area contributed by atoms with Gasteiger partial charge in [0.2, 0.25) is 0 Å². The van der Waals surface area contributed by atoms with Crippen molar-refractivity contribution in [3.8, 4) is 16.3 Å². The molecule has 6 rings (SSSR count). The van der Waals surface area contributed by atoms with Gasteiger partial charge in [-0.25, -0.2) is 9.37 Å². The highest BCUT2D eigenvalue weighted by Crippen LogP contribution is 2.60. The van der Waals surface area contributed by atoms with Crippen molar-refractivity contribution in [2.75, 3.05) is 13.2 Å². The van der Waals surface area contributed by atoms with Gasteiger partial charge in [0.05, 0.1) is 5.02 Å². The number of nitrogens with one attached hydrogen (secondary N) is 2. The number of nitrogens with zero attached hydrogens (tertiary/aromatic N) is 1. The van der Waals surface area contributed by atoms with Crippen molar-refractivity contribution >= 4 is 28.8 Å². The Morgan fingerprint density at radius 1 is 1.16 bits per heavy atom. The Hall–Kier alpha value is -2.48. The van der Waals surface area contributed by atoms with Gasteiger partial charge in [0, 0.05) is 34.6 Å². The van der Waals surface area contributed by atoms with E-state index in [1.807, 2.05) is 35.7 Å². The van der Waals surface area contributed by atoms with Gasteiger partial charge in [0.25, 0.3) is 5.91 Å². The second kappa shape index (κ2) is 7.89. The normalized spacial score (nSPS) is 23.5. The molecule has 3 aromatic rings. The molecule has 2 aromatic carbocycles. The van der Waals surface area contributed by atoms with Crippen LogP contribution in [0.4, 0.5) is 4.39 Å². The molecule has 3 aliphatic rings. The standard InChI is InChI=1S/C23H21ClFN3O2S/c24-17-7-6-16(10-18(17)25)30-9-8-26-22-12-23(13-22,14-22)28-20(29)19-11-31-21(27-19)15-4-2-1-3-5-15/h1-7,10-11,26H,8-9,12-14H2,(H,28,29). The molecular formula is C23H21ClFN3O2S. The van der Waals surface area contributed by atoms with Crippen LogP contribution in [0, 0.1) is 5.82 Å². The molecule has 0 unspecified atom stereocenters. The molecule has 1 heterocycles. The lowest BCUT2D eigenvalue weighted by molar-refractivity contribution is -0.0982. The molecule has 3 saturated carbocycles. The fraction of sp³-hybridized carbons (Fsp3) is 0.304. The number of ether oxygens (including phenoxy) is 1. The maximum absolute atomic E-state index is 13.4. The van der Waals surface area contributed by atoms with Crippen LogP contribution in [0.1, 0.15) is 29.8 Å². The summed E-state index contributed by atoms with van der Waals surface area (Å²) in [6.45, 7) is 1.09. The fourth-order valence-electron chi connectivity index (χ4n) is 4.56. The number of carbonyl (C=O) groups is 1. The van der Waals surface area contributed by atoms with Gasteiger partial charge in [0.1, 0.15) is 28.9 Å². The van der Waals surface area contributed by atoms with Gasteiger partial charge in [-0.2, -0.15) is 0 Å². The molecule has 3 aliphatic carbocycles. The highest BCUT2D eigenvalue weighted by molar-refractivity contribution is 7.13. The van der Waals surface area contributed by atoms with E-state index in [0.29, 0.717) is 24.6 Å². The number of amides is 1. The summed E-state index contributed by atoms with van der Waals surface area (Å²) in [4.78, 5) is 17.1. The van der Waals surface area contributed by atoms with Crippen molar-refractivity contribution in [2.45, 2.75) is 30.3 Å². The Labute approximate surface area is 188 Å². The lowest BCUT2D eigenvalue weighted by atomic mass is 9.44. The third-order valence-electron chi connectivity index (χ3n) is 5.93. The first kappa shape index (κ1) is 20.4. The van der Waals surface area contributed by atoms with Gasteiger partial charge in [-0.05, 0) is 31.4 Å². The van der Waals surface area contributed by atoms with Crippen LogP contribution in [0.5, 0.6) is 5.75 Å². The molecule has 5 nitrogen and oxygen atoms in total. The third-order valence-corrected chi connectivity index (χ3v) is 7.13. The predicted molar refractivity (Wildman–Crippen MR) is 119 cm³/mol. The molecule has 2 N–H and O–H groups in total. The van der Waals surface area contributed by atoms with Crippen LogP contribution >= 0.6 is 22.9 Å². The molecule has 3 fully saturated rings. The summed E-state index contributed by atoms with van der Waals surface area (Å²) in [7, 11) is 0. The van der Waals surface area contributed by atoms with Crippen molar-refractivity contribution in [1.29, 1.82) is 0 Å². The predicted octanol–water partition coefficient (Wildman–Crippen LogP) is 4.68. The van der Waals surface area contributed by atoms with Gasteiger partial charge in [-0.1, -0.05) is 41.9 Å². The zero-order valence-electron chi connectivity index (χ0n) is 16.7. The van der Waals surface area contributed by atoms with Crippen molar-refractivity contribution < 1.29 is 13.9 Å². The summed E-state index contributed by atoms with van der Waals surface area (Å²) in [5.74, 6) is -0.136. The second-order valence-electron chi connectivity index (χ2n) is 8.30. The van der Waals surface area contributed by atoms with E-state index in [2.05, 4.69) is 15.6 Å². The molecule has 0 saturated heterocycles. The lowest BCUT2D eigenvalue weighted by Gasteiger charge is -2.70. The Bertz CT molecular complexity index is 1100. The highest BCUT2D eigenvalue weighted by atomic mass is 35.5. The number of rotatable bonds is 8. The van der Waals surface area contributed by atoms with Gasteiger partial charge in [0.15, 0.2) is 0 Å². The Balaban J connectivity index is 1.07. The largest absolute Gasteiger partial charge is 0.492 e. The Morgan fingerprint density at radius 2 is 1.94 bits per heavy atom. The first-order chi connectivity index (χ1) is 15.0. The average molecular weight is 458 g/mol. The Morgan fingerprint density at radius 3 is 2.68 bits per heavy atom. The number of thiazole rings is 1. The minimum atomic E-state index is -0.486. The van der Waals surface area contributed by atoms with Crippen LogP contribution in [0.25, 0.3) is 10.6 Å². The second-order valence-corrected chi connectivity index (χ2v) is 9.57. The topological polar surface area (TPSA) is 63.2 Å². The van der Waals surface area contributed by atoms with Gasteiger partial charge in [-0.3, -0.25) is 4.79 Å². The van der Waals surface area contributed by atoms with E-state index < -0.39 is 5.82 Å². The minimum Gasteiger partial charge on any atom is -0.492 e. The van der Waals surface area contributed by atoms with E-state index in [9.17, 15) is 9.18 Å². The summed E-state index contributed by atoms with van der Waals surface area (Å²) >= 11 is 7.15. The average Bonchev–Trinajstić information content (AvgIpc) is 3.21. The van der Waals surface area contributed by atoms with E-state index in [0.717, 1.165) is 29.8 Å². The molecule has 0 spiro atoms. The number of aromatic nitrogens is 1. The van der Waals surface area contributed by atoms with Crippen molar-refractivity contribution in [1.82, 2.24) is 15.6 Å². The number of hydrogen-bond donors (Lipinski definition) is 2. The van der Waals surface area contributed by atoms with Crippen LogP contribution in [-0.4, -0.2) is 35.1 Å². The summed E-state index contributed by atoms with van der Waals surface area (Å²) in [6, 6.07) is 14.3. The summed E-state index contributed by atoms with van der Waals surface area (Å²) in [5.41, 5.74) is 1.43. The van der Waals surface area contributed by atoms with Gasteiger partial charge >= 0.3 is 0 Å². The minimum absolute atomic E-state index is 0.0686. The Kier molecular flexibility index (Phi) is 5.20. The molecule has 2 bridgehead atoms. The zero-order chi connectivity index (χ0) is 21.5. The first-order valence-corrected chi connectivity index (χ1v) is 11.4. The van der Waals surface area contributed by atoms with Crippen LogP contribution < -0.4 is 15.4 Å². The molecule has 1 aromatic heterocycles.